The minimum absolute atomic E-state index is 0.0122. The Hall–Kier alpha value is -1.66. The second-order valence-corrected chi connectivity index (χ2v) is 16.1. The van der Waals surface area contributed by atoms with E-state index in [1.807, 2.05) is 6.08 Å². The van der Waals surface area contributed by atoms with E-state index in [1.165, 1.54) is 148 Å². The summed E-state index contributed by atoms with van der Waals surface area (Å²) in [6.45, 7) is 4.82. The summed E-state index contributed by atoms with van der Waals surface area (Å²) in [5.74, 6) is -0.113. The van der Waals surface area contributed by atoms with Crippen molar-refractivity contribution in [3.8, 4) is 0 Å². The van der Waals surface area contributed by atoms with Crippen LogP contribution in [-0.2, 0) is 14.3 Å². The highest BCUT2D eigenvalue weighted by Gasteiger charge is 2.18. The second-order valence-electron chi connectivity index (χ2n) is 16.1. The smallest absolute Gasteiger partial charge is 0.305 e. The monoisotopic (exact) mass is 762 g/mol. The molecule has 6 nitrogen and oxygen atoms in total. The van der Waals surface area contributed by atoms with Crippen molar-refractivity contribution in [2.45, 2.75) is 257 Å². The minimum Gasteiger partial charge on any atom is -0.466 e. The number of hydrogen-bond donors (Lipinski definition) is 3. The molecule has 0 aromatic rings. The molecule has 2 unspecified atom stereocenters. The first-order valence-corrected chi connectivity index (χ1v) is 23.6. The Morgan fingerprint density at radius 2 is 0.870 bits per heavy atom. The number of unbranched alkanes of at least 4 members (excludes halogenated alkanes) is 30. The molecule has 3 N–H and O–H groups in total. The summed E-state index contributed by atoms with van der Waals surface area (Å²) in [6, 6.07) is -0.645. The number of nitrogens with one attached hydrogen (secondary N) is 1. The first-order chi connectivity index (χ1) is 26.5. The van der Waals surface area contributed by atoms with Gasteiger partial charge in [-0.3, -0.25) is 9.59 Å². The van der Waals surface area contributed by atoms with Crippen LogP contribution in [0.25, 0.3) is 0 Å². The van der Waals surface area contributed by atoms with E-state index in [2.05, 4.69) is 31.3 Å². The van der Waals surface area contributed by atoms with Crippen LogP contribution in [0.3, 0.4) is 0 Å². The summed E-state index contributed by atoms with van der Waals surface area (Å²) in [5.41, 5.74) is 0. The van der Waals surface area contributed by atoms with Gasteiger partial charge >= 0.3 is 5.97 Å². The zero-order chi connectivity index (χ0) is 39.4. The Morgan fingerprint density at radius 3 is 1.33 bits per heavy atom. The predicted octanol–water partition coefficient (Wildman–Crippen LogP) is 13.6. The van der Waals surface area contributed by atoms with Gasteiger partial charge in [-0.05, 0) is 57.8 Å². The van der Waals surface area contributed by atoms with Crippen molar-refractivity contribution in [2.75, 3.05) is 13.2 Å². The van der Waals surface area contributed by atoms with Gasteiger partial charge in [-0.25, -0.2) is 0 Å². The third-order valence-electron chi connectivity index (χ3n) is 10.7. The minimum atomic E-state index is -0.858. The summed E-state index contributed by atoms with van der Waals surface area (Å²) >= 11 is 0. The lowest BCUT2D eigenvalue weighted by Crippen LogP contribution is -2.45. The summed E-state index contributed by atoms with van der Waals surface area (Å²) in [7, 11) is 0. The van der Waals surface area contributed by atoms with Crippen LogP contribution in [0.4, 0.5) is 0 Å². The zero-order valence-corrected chi connectivity index (χ0v) is 36.0. The normalized spacial score (nSPS) is 12.9. The maximum absolute atomic E-state index is 12.3. The van der Waals surface area contributed by atoms with Crippen molar-refractivity contribution in [2.24, 2.45) is 0 Å². The van der Waals surface area contributed by atoms with Crippen molar-refractivity contribution in [3.05, 3.63) is 24.3 Å². The van der Waals surface area contributed by atoms with Gasteiger partial charge < -0.3 is 20.3 Å². The number of esters is 1. The van der Waals surface area contributed by atoms with Gasteiger partial charge in [0.2, 0.25) is 5.91 Å². The highest BCUT2D eigenvalue weighted by molar-refractivity contribution is 5.76. The number of aliphatic hydroxyl groups excluding tert-OH is 2. The zero-order valence-electron chi connectivity index (χ0n) is 36.0. The third kappa shape index (κ3) is 40.0. The molecule has 318 valence electrons. The molecule has 0 aromatic heterocycles. The van der Waals surface area contributed by atoms with Crippen molar-refractivity contribution in [1.82, 2.24) is 5.32 Å². The maximum Gasteiger partial charge on any atom is 0.305 e. The van der Waals surface area contributed by atoms with Gasteiger partial charge in [0.05, 0.1) is 25.4 Å². The highest BCUT2D eigenvalue weighted by atomic mass is 16.5. The fourth-order valence-corrected chi connectivity index (χ4v) is 7.04. The number of ether oxygens (including phenoxy) is 1. The first-order valence-electron chi connectivity index (χ1n) is 23.6. The molecule has 0 spiro atoms. The summed E-state index contributed by atoms with van der Waals surface area (Å²) in [4.78, 5) is 24.3. The Labute approximate surface area is 335 Å². The van der Waals surface area contributed by atoms with Crippen molar-refractivity contribution >= 4 is 11.9 Å². The Balaban J connectivity index is 3.49. The molecular weight excluding hydrogens is 671 g/mol. The van der Waals surface area contributed by atoms with Crippen LogP contribution in [-0.4, -0.2) is 47.4 Å². The van der Waals surface area contributed by atoms with Crippen LogP contribution in [0.1, 0.15) is 245 Å². The van der Waals surface area contributed by atoms with E-state index in [1.54, 1.807) is 6.08 Å². The second kappa shape index (κ2) is 44.1. The van der Waals surface area contributed by atoms with Gasteiger partial charge in [0.25, 0.3) is 0 Å². The third-order valence-corrected chi connectivity index (χ3v) is 10.7. The van der Waals surface area contributed by atoms with E-state index in [9.17, 15) is 19.8 Å². The SMILES string of the molecule is CCCCCCCCC/C=C/C(O)C(CO)NC(=O)CCCCC/C=C\CCCCCCCCOC(=O)CCCCCCCCCCCCCCCCC. The number of amides is 1. The van der Waals surface area contributed by atoms with Gasteiger partial charge in [0, 0.05) is 12.8 Å². The van der Waals surface area contributed by atoms with Crippen LogP contribution in [0.5, 0.6) is 0 Å². The topological polar surface area (TPSA) is 95.9 Å². The molecule has 1 amide bonds. The fraction of sp³-hybridized carbons (Fsp3) is 0.875. The van der Waals surface area contributed by atoms with Gasteiger partial charge in [0.15, 0.2) is 0 Å². The molecule has 0 saturated carbocycles. The standard InChI is InChI=1S/C48H91NO5/c1-3-5-7-9-11-13-14-15-16-19-22-26-30-34-38-42-48(53)54-43-39-35-31-27-23-20-17-18-21-25-29-33-37-41-47(52)49-45(44-50)46(51)40-36-32-28-24-12-10-8-6-4-2/h18,21,36,40,45-46,50-51H,3-17,19-20,22-35,37-39,41-44H2,1-2H3,(H,49,52)/b21-18-,40-36+. The van der Waals surface area contributed by atoms with E-state index in [-0.39, 0.29) is 18.5 Å². The lowest BCUT2D eigenvalue weighted by molar-refractivity contribution is -0.143. The molecule has 2 atom stereocenters. The Bertz CT molecular complexity index is 843. The number of aliphatic hydroxyl groups is 2. The molecule has 0 fully saturated rings. The van der Waals surface area contributed by atoms with Gasteiger partial charge in [0.1, 0.15) is 0 Å². The molecule has 54 heavy (non-hydrogen) atoms. The molecule has 0 rings (SSSR count). The van der Waals surface area contributed by atoms with Crippen LogP contribution in [0, 0.1) is 0 Å². The average Bonchev–Trinajstić information content (AvgIpc) is 3.17. The quantitative estimate of drug-likeness (QED) is 0.0327. The van der Waals surface area contributed by atoms with Crippen LogP contribution in [0.2, 0.25) is 0 Å². The van der Waals surface area contributed by atoms with Gasteiger partial charge in [-0.2, -0.15) is 0 Å². The molecule has 0 aliphatic heterocycles. The van der Waals surface area contributed by atoms with E-state index in [4.69, 9.17) is 4.74 Å². The van der Waals surface area contributed by atoms with Crippen molar-refractivity contribution in [1.29, 1.82) is 0 Å². The number of carbonyl (C=O) groups excluding carboxylic acids is 2. The molecule has 0 aliphatic rings. The van der Waals surface area contributed by atoms with Crippen LogP contribution < -0.4 is 5.32 Å². The van der Waals surface area contributed by atoms with Gasteiger partial charge in [-0.15, -0.1) is 0 Å². The largest absolute Gasteiger partial charge is 0.466 e. The van der Waals surface area contributed by atoms with Crippen LogP contribution in [0.15, 0.2) is 24.3 Å². The van der Waals surface area contributed by atoms with E-state index >= 15 is 0 Å². The average molecular weight is 762 g/mol. The molecule has 0 heterocycles. The highest BCUT2D eigenvalue weighted by Crippen LogP contribution is 2.15. The lowest BCUT2D eigenvalue weighted by atomic mass is 10.0. The van der Waals surface area contributed by atoms with Gasteiger partial charge in [-0.1, -0.05) is 199 Å². The molecule has 0 radical (unpaired) electrons. The lowest BCUT2D eigenvalue weighted by Gasteiger charge is -2.19. The molecule has 0 saturated heterocycles. The number of allylic oxidation sites excluding steroid dienone is 3. The number of hydrogen-bond acceptors (Lipinski definition) is 5. The number of carbonyl (C=O) groups is 2. The van der Waals surface area contributed by atoms with E-state index < -0.39 is 12.1 Å². The summed E-state index contributed by atoms with van der Waals surface area (Å²) in [6.07, 6.45) is 50.3. The summed E-state index contributed by atoms with van der Waals surface area (Å²) < 4.78 is 5.45. The van der Waals surface area contributed by atoms with E-state index in [0.29, 0.717) is 19.4 Å². The Kier molecular flexibility index (Phi) is 42.7. The Morgan fingerprint density at radius 1 is 0.500 bits per heavy atom. The number of rotatable bonds is 43. The molecular formula is C48H91NO5. The van der Waals surface area contributed by atoms with E-state index in [0.717, 1.165) is 70.6 Å². The molecule has 0 aromatic carbocycles. The van der Waals surface area contributed by atoms with Crippen molar-refractivity contribution < 1.29 is 24.5 Å². The predicted molar refractivity (Wildman–Crippen MR) is 232 cm³/mol. The first kappa shape index (κ1) is 52.3. The molecule has 0 bridgehead atoms. The molecule has 6 heteroatoms. The fourth-order valence-electron chi connectivity index (χ4n) is 7.04. The van der Waals surface area contributed by atoms with Crippen molar-refractivity contribution in [3.63, 3.8) is 0 Å². The van der Waals surface area contributed by atoms with Crippen LogP contribution >= 0.6 is 0 Å². The molecule has 0 aliphatic carbocycles. The maximum atomic E-state index is 12.3. The summed E-state index contributed by atoms with van der Waals surface area (Å²) in [5, 5.41) is 22.8.